The molecule has 0 aliphatic carbocycles. The highest BCUT2D eigenvalue weighted by molar-refractivity contribution is 7.99. The van der Waals surface area contributed by atoms with Crippen molar-refractivity contribution in [3.8, 4) is 45.6 Å². The Bertz CT molecular complexity index is 2310. The highest BCUT2D eigenvalue weighted by Crippen LogP contribution is 2.56. The number of fused-ring (bicyclic) bond motifs is 2. The third-order valence-corrected chi connectivity index (χ3v) is 10.3. The monoisotopic (exact) mass is 660 g/mol. The zero-order chi connectivity index (χ0) is 33.3. The molecular formula is C43H28N6S. The second-order valence-corrected chi connectivity index (χ2v) is 13.1. The molecule has 1 aliphatic heterocycles. The minimum Gasteiger partial charge on any atom is -0.217 e. The molecule has 0 unspecified atom stereocenters. The standard InChI is InChI=1S/C43H28N6S/c1-3-13-29(14-4-1)39-44-27-46-41(48-39)31-17-11-19-33(25-31)43(35-21-7-9-23-37(35)50-38-24-10-8-22-36(38)43)34-20-12-18-32(26-34)42-47-28-45-40(49-42)30-15-5-2-6-16-30/h1-28H. The van der Waals surface area contributed by atoms with Crippen LogP contribution < -0.4 is 0 Å². The molecule has 6 aromatic carbocycles. The van der Waals surface area contributed by atoms with Crippen molar-refractivity contribution in [2.24, 2.45) is 0 Å². The molecule has 3 heterocycles. The van der Waals surface area contributed by atoms with Crippen LogP contribution in [0.2, 0.25) is 0 Å². The maximum Gasteiger partial charge on any atom is 0.163 e. The fraction of sp³-hybridized carbons (Fsp3) is 0.0233. The molecular weight excluding hydrogens is 633 g/mol. The quantitative estimate of drug-likeness (QED) is 0.176. The Kier molecular flexibility index (Phi) is 7.52. The van der Waals surface area contributed by atoms with E-state index in [1.165, 1.54) is 20.9 Å². The van der Waals surface area contributed by atoms with E-state index in [1.807, 2.05) is 72.4 Å². The second kappa shape index (κ2) is 12.6. The molecule has 0 saturated carbocycles. The lowest BCUT2D eigenvalue weighted by Gasteiger charge is -2.42. The Hall–Kier alpha value is -6.31. The van der Waals surface area contributed by atoms with Gasteiger partial charge in [-0.1, -0.05) is 145 Å². The predicted molar refractivity (Wildman–Crippen MR) is 197 cm³/mol. The van der Waals surface area contributed by atoms with E-state index in [4.69, 9.17) is 9.97 Å². The number of nitrogens with zero attached hydrogens (tertiary/aromatic N) is 6. The highest BCUT2D eigenvalue weighted by Gasteiger charge is 2.44. The van der Waals surface area contributed by atoms with Gasteiger partial charge in [-0.05, 0) is 46.5 Å². The molecule has 0 saturated heterocycles. The zero-order valence-corrected chi connectivity index (χ0v) is 27.6. The smallest absolute Gasteiger partial charge is 0.163 e. The summed E-state index contributed by atoms with van der Waals surface area (Å²) in [6.07, 6.45) is 3.19. The van der Waals surface area contributed by atoms with Gasteiger partial charge >= 0.3 is 0 Å². The van der Waals surface area contributed by atoms with Gasteiger partial charge in [-0.2, -0.15) is 0 Å². The average Bonchev–Trinajstić information content (AvgIpc) is 3.21. The van der Waals surface area contributed by atoms with Crippen molar-refractivity contribution in [1.29, 1.82) is 0 Å². The van der Waals surface area contributed by atoms with Gasteiger partial charge in [-0.15, -0.1) is 0 Å². The van der Waals surface area contributed by atoms with Crippen LogP contribution in [0.15, 0.2) is 180 Å². The molecule has 0 atom stereocenters. The van der Waals surface area contributed by atoms with Crippen molar-refractivity contribution in [2.75, 3.05) is 0 Å². The van der Waals surface area contributed by atoms with Gasteiger partial charge in [0.1, 0.15) is 12.7 Å². The summed E-state index contributed by atoms with van der Waals surface area (Å²) in [5, 5.41) is 0. The molecule has 50 heavy (non-hydrogen) atoms. The molecule has 0 amide bonds. The third kappa shape index (κ3) is 5.16. The van der Waals surface area contributed by atoms with Crippen molar-refractivity contribution in [3.63, 3.8) is 0 Å². The van der Waals surface area contributed by atoms with Crippen molar-refractivity contribution >= 4 is 11.8 Å². The van der Waals surface area contributed by atoms with Crippen LogP contribution in [0.5, 0.6) is 0 Å². The van der Waals surface area contributed by atoms with Crippen LogP contribution in [0, 0.1) is 0 Å². The predicted octanol–water partition coefficient (Wildman–Crippen LogP) is 9.57. The van der Waals surface area contributed by atoms with Crippen LogP contribution in [0.1, 0.15) is 22.3 Å². The normalized spacial score (nSPS) is 12.9. The van der Waals surface area contributed by atoms with E-state index in [0.717, 1.165) is 33.4 Å². The van der Waals surface area contributed by atoms with Gasteiger partial charge in [-0.25, -0.2) is 29.9 Å². The first-order valence-corrected chi connectivity index (χ1v) is 17.2. The van der Waals surface area contributed by atoms with Gasteiger partial charge in [-0.3, -0.25) is 0 Å². The van der Waals surface area contributed by atoms with Crippen LogP contribution in [0.3, 0.4) is 0 Å². The highest BCUT2D eigenvalue weighted by atomic mass is 32.2. The Labute approximate surface area is 294 Å². The minimum absolute atomic E-state index is 0.620. The minimum atomic E-state index is -0.672. The summed E-state index contributed by atoms with van der Waals surface area (Å²) < 4.78 is 0. The fourth-order valence-electron chi connectivity index (χ4n) is 6.89. The van der Waals surface area contributed by atoms with E-state index in [2.05, 4.69) is 117 Å². The molecule has 8 aromatic rings. The van der Waals surface area contributed by atoms with Gasteiger partial charge < -0.3 is 0 Å². The molecule has 0 spiro atoms. The lowest BCUT2D eigenvalue weighted by atomic mass is 9.64. The SMILES string of the molecule is c1ccc(-c2ncnc(-c3cccc(C4(c5cccc(-c6ncnc(-c7ccccc7)n6)c5)c5ccccc5Sc5ccccc54)c3)n2)cc1. The molecule has 0 bridgehead atoms. The molecule has 6 nitrogen and oxygen atoms in total. The van der Waals surface area contributed by atoms with Crippen molar-refractivity contribution in [3.05, 3.63) is 193 Å². The van der Waals surface area contributed by atoms with E-state index in [1.54, 1.807) is 12.7 Å². The number of benzene rings is 6. The largest absolute Gasteiger partial charge is 0.217 e. The first-order chi connectivity index (χ1) is 24.8. The van der Waals surface area contributed by atoms with Crippen LogP contribution >= 0.6 is 11.8 Å². The molecule has 7 heteroatoms. The van der Waals surface area contributed by atoms with Crippen molar-refractivity contribution in [2.45, 2.75) is 15.2 Å². The summed E-state index contributed by atoms with van der Waals surface area (Å²) in [5.41, 5.74) is 7.67. The van der Waals surface area contributed by atoms with E-state index in [0.29, 0.717) is 23.3 Å². The summed E-state index contributed by atoms with van der Waals surface area (Å²) in [5.74, 6) is 2.52. The number of hydrogen-bond acceptors (Lipinski definition) is 7. The number of hydrogen-bond donors (Lipinski definition) is 0. The number of aromatic nitrogens is 6. The third-order valence-electron chi connectivity index (χ3n) is 9.12. The van der Waals surface area contributed by atoms with Crippen LogP contribution in [0.25, 0.3) is 45.6 Å². The fourth-order valence-corrected chi connectivity index (χ4v) is 8.08. The van der Waals surface area contributed by atoms with Crippen molar-refractivity contribution < 1.29 is 0 Å². The topological polar surface area (TPSA) is 77.3 Å². The van der Waals surface area contributed by atoms with E-state index in [-0.39, 0.29) is 0 Å². The Balaban J connectivity index is 1.26. The number of rotatable bonds is 6. The summed E-state index contributed by atoms with van der Waals surface area (Å²) >= 11 is 1.81. The molecule has 0 N–H and O–H groups in total. The second-order valence-electron chi connectivity index (χ2n) is 12.0. The lowest BCUT2D eigenvalue weighted by molar-refractivity contribution is 0.703. The Morgan fingerprint density at radius 1 is 0.360 bits per heavy atom. The zero-order valence-electron chi connectivity index (χ0n) is 26.8. The van der Waals surface area contributed by atoms with E-state index < -0.39 is 5.41 Å². The van der Waals surface area contributed by atoms with Crippen LogP contribution in [0.4, 0.5) is 0 Å². The van der Waals surface area contributed by atoms with Crippen LogP contribution in [-0.2, 0) is 5.41 Å². The van der Waals surface area contributed by atoms with Gasteiger partial charge in [0.2, 0.25) is 0 Å². The molecule has 1 aliphatic rings. The maximum atomic E-state index is 4.92. The summed E-state index contributed by atoms with van der Waals surface area (Å²) in [4.78, 5) is 30.5. The molecule has 2 aromatic heterocycles. The maximum absolute atomic E-state index is 4.92. The first kappa shape index (κ1) is 29.8. The van der Waals surface area contributed by atoms with Crippen molar-refractivity contribution in [1.82, 2.24) is 29.9 Å². The Morgan fingerprint density at radius 3 is 1.20 bits per heavy atom. The summed E-state index contributed by atoms with van der Waals surface area (Å²) in [6, 6.07) is 54.7. The summed E-state index contributed by atoms with van der Waals surface area (Å²) in [7, 11) is 0. The average molecular weight is 661 g/mol. The molecule has 0 fully saturated rings. The molecule has 0 radical (unpaired) electrons. The van der Waals surface area contributed by atoms with Gasteiger partial charge in [0.15, 0.2) is 23.3 Å². The van der Waals surface area contributed by atoms with E-state index in [9.17, 15) is 0 Å². The Morgan fingerprint density at radius 2 is 0.740 bits per heavy atom. The van der Waals surface area contributed by atoms with Crippen LogP contribution in [-0.4, -0.2) is 29.9 Å². The van der Waals surface area contributed by atoms with Gasteiger partial charge in [0.25, 0.3) is 0 Å². The lowest BCUT2D eigenvalue weighted by Crippen LogP contribution is -2.34. The van der Waals surface area contributed by atoms with Gasteiger partial charge in [0.05, 0.1) is 5.41 Å². The van der Waals surface area contributed by atoms with E-state index >= 15 is 0 Å². The summed E-state index contributed by atoms with van der Waals surface area (Å²) in [6.45, 7) is 0. The molecule has 9 rings (SSSR count). The first-order valence-electron chi connectivity index (χ1n) is 16.3. The van der Waals surface area contributed by atoms with Gasteiger partial charge in [0, 0.05) is 32.0 Å². The molecule has 236 valence electrons.